The summed E-state index contributed by atoms with van der Waals surface area (Å²) in [7, 11) is 0. The largest absolute Gasteiger partial charge is 0.381 e. The highest BCUT2D eigenvalue weighted by atomic mass is 79.9. The van der Waals surface area contributed by atoms with E-state index in [2.05, 4.69) is 70.3 Å². The molecule has 1 N–H and O–H groups in total. The van der Waals surface area contributed by atoms with E-state index in [-0.39, 0.29) is 11.3 Å². The number of alkyl halides is 1. The molecule has 0 heterocycles. The first-order valence-electron chi connectivity index (χ1n) is 10.9. The van der Waals surface area contributed by atoms with Gasteiger partial charge in [-0.05, 0) is 42.2 Å². The molecule has 174 valence electrons. The molecule has 2 aromatic rings. The number of aliphatic hydroxyl groups is 1. The van der Waals surface area contributed by atoms with Gasteiger partial charge >= 0.3 is 0 Å². The van der Waals surface area contributed by atoms with E-state index in [1.54, 1.807) is 6.21 Å². The van der Waals surface area contributed by atoms with Crippen LogP contribution >= 0.6 is 43.5 Å². The highest BCUT2D eigenvalue weighted by Crippen LogP contribution is 2.47. The number of hydrogen-bond acceptors (Lipinski definition) is 2. The Labute approximate surface area is 218 Å². The lowest BCUT2D eigenvalue weighted by Gasteiger charge is -2.37. The van der Waals surface area contributed by atoms with Crippen molar-refractivity contribution in [2.45, 2.75) is 39.2 Å². The highest BCUT2D eigenvalue weighted by Gasteiger charge is 2.38. The van der Waals surface area contributed by atoms with Gasteiger partial charge in [0.2, 0.25) is 0 Å². The average molecular weight is 593 g/mol. The fraction of sp³-hybridized carbons (Fsp3) is 0.333. The normalized spacial score (nSPS) is 21.8. The zero-order valence-electron chi connectivity index (χ0n) is 19.2. The van der Waals surface area contributed by atoms with Gasteiger partial charge in [-0.15, -0.1) is 0 Å². The Morgan fingerprint density at radius 2 is 1.88 bits per heavy atom. The number of aliphatic imine (C=N–C) groups is 2. The molecule has 3 rings (SSSR count). The molecule has 0 saturated heterocycles. The zero-order valence-corrected chi connectivity index (χ0v) is 23.1. The van der Waals surface area contributed by atoms with Crippen molar-refractivity contribution in [3.05, 3.63) is 87.5 Å². The first-order valence-corrected chi connectivity index (χ1v) is 13.1. The molecule has 1 aliphatic rings. The van der Waals surface area contributed by atoms with Crippen LogP contribution in [0, 0.1) is 11.3 Å². The summed E-state index contributed by atoms with van der Waals surface area (Å²) >= 11 is 13.6. The Bertz CT molecular complexity index is 1120. The average Bonchev–Trinajstić information content (AvgIpc) is 2.75. The van der Waals surface area contributed by atoms with Gasteiger partial charge in [-0.1, -0.05) is 107 Å². The number of amidine groups is 1. The SMILES string of the molecule is C=C(N=C(N=CCBr)C(C)(C)C)C1CC(c2ccccc2Br)=CC(O)(c2ccccc2Cl)C1. The van der Waals surface area contributed by atoms with Crippen molar-refractivity contribution in [1.29, 1.82) is 0 Å². The molecule has 0 bridgehead atoms. The summed E-state index contributed by atoms with van der Waals surface area (Å²) in [5.74, 6) is 0.625. The molecule has 0 aliphatic heterocycles. The van der Waals surface area contributed by atoms with Crippen molar-refractivity contribution in [3.63, 3.8) is 0 Å². The Hall–Kier alpha value is -1.53. The number of rotatable bonds is 5. The fourth-order valence-electron chi connectivity index (χ4n) is 4.00. The molecule has 3 nitrogen and oxygen atoms in total. The van der Waals surface area contributed by atoms with E-state index in [1.807, 2.05) is 48.5 Å². The van der Waals surface area contributed by atoms with Crippen molar-refractivity contribution in [3.8, 4) is 0 Å². The lowest BCUT2D eigenvalue weighted by atomic mass is 9.73. The van der Waals surface area contributed by atoms with Gasteiger partial charge in [0.15, 0.2) is 0 Å². The molecule has 0 radical (unpaired) electrons. The van der Waals surface area contributed by atoms with Crippen LogP contribution in [0.15, 0.2) is 81.3 Å². The lowest BCUT2D eigenvalue weighted by molar-refractivity contribution is 0.0612. The molecule has 6 heteroatoms. The highest BCUT2D eigenvalue weighted by molar-refractivity contribution is 9.10. The van der Waals surface area contributed by atoms with Crippen molar-refractivity contribution in [1.82, 2.24) is 0 Å². The van der Waals surface area contributed by atoms with Crippen molar-refractivity contribution in [2.24, 2.45) is 21.3 Å². The van der Waals surface area contributed by atoms with Crippen LogP contribution in [0.4, 0.5) is 0 Å². The predicted molar refractivity (Wildman–Crippen MR) is 149 cm³/mol. The molecule has 0 fully saturated rings. The molecular weight excluding hydrogens is 564 g/mol. The predicted octanol–water partition coefficient (Wildman–Crippen LogP) is 8.21. The quantitative estimate of drug-likeness (QED) is 0.212. The van der Waals surface area contributed by atoms with E-state index < -0.39 is 5.60 Å². The second kappa shape index (κ2) is 10.8. The van der Waals surface area contributed by atoms with Gasteiger partial charge in [-0.2, -0.15) is 0 Å². The van der Waals surface area contributed by atoms with Gasteiger partial charge in [-0.3, -0.25) is 0 Å². The Balaban J connectivity index is 2.09. The molecule has 1 aliphatic carbocycles. The van der Waals surface area contributed by atoms with Gasteiger partial charge < -0.3 is 5.11 Å². The Morgan fingerprint density at radius 1 is 1.21 bits per heavy atom. The van der Waals surface area contributed by atoms with Crippen LogP contribution in [0.2, 0.25) is 5.02 Å². The maximum Gasteiger partial charge on any atom is 0.133 e. The van der Waals surface area contributed by atoms with Crippen LogP contribution in [0.25, 0.3) is 5.57 Å². The van der Waals surface area contributed by atoms with Crippen LogP contribution in [0.1, 0.15) is 44.7 Å². The van der Waals surface area contributed by atoms with E-state index in [4.69, 9.17) is 16.6 Å². The number of benzene rings is 2. The number of hydrogen-bond donors (Lipinski definition) is 1. The second-order valence-corrected chi connectivity index (χ2v) is 11.2. The first-order chi connectivity index (χ1) is 15.5. The smallest absolute Gasteiger partial charge is 0.133 e. The summed E-state index contributed by atoms with van der Waals surface area (Å²) < 4.78 is 0.977. The van der Waals surface area contributed by atoms with Gasteiger partial charge in [0.25, 0.3) is 0 Å². The second-order valence-electron chi connectivity index (χ2n) is 9.30. The third kappa shape index (κ3) is 6.33. The van der Waals surface area contributed by atoms with E-state index in [1.165, 1.54) is 0 Å². The van der Waals surface area contributed by atoms with E-state index >= 15 is 0 Å². The van der Waals surface area contributed by atoms with Crippen molar-refractivity contribution in [2.75, 3.05) is 5.33 Å². The summed E-state index contributed by atoms with van der Waals surface area (Å²) in [6, 6.07) is 15.5. The summed E-state index contributed by atoms with van der Waals surface area (Å²) in [5, 5.41) is 13.1. The number of halogens is 3. The van der Waals surface area contributed by atoms with Crippen LogP contribution in [-0.2, 0) is 5.60 Å². The minimum absolute atomic E-state index is 0.0881. The zero-order chi connectivity index (χ0) is 24.2. The number of allylic oxidation sites excluding steroid dienone is 2. The van der Waals surface area contributed by atoms with Crippen LogP contribution < -0.4 is 0 Å². The topological polar surface area (TPSA) is 45.0 Å². The molecule has 2 aromatic carbocycles. The third-order valence-corrected chi connectivity index (χ3v) is 6.98. The lowest BCUT2D eigenvalue weighted by Crippen LogP contribution is -2.32. The summed E-state index contributed by atoms with van der Waals surface area (Å²) in [5.41, 5.74) is 1.97. The van der Waals surface area contributed by atoms with Gasteiger partial charge in [0, 0.05) is 43.6 Å². The standard InChI is InChI=1S/C27H29Br2ClN2O/c1-18(32-25(26(2,3)4)31-14-13-28)19-15-20(21-9-5-7-11-23(21)29)17-27(33,16-19)22-10-6-8-12-24(22)30/h5-12,14,17,19,33H,1,13,15-16H2,2-4H3. The first kappa shape index (κ1) is 26.1. The van der Waals surface area contributed by atoms with Crippen LogP contribution in [0.3, 0.4) is 0 Å². The van der Waals surface area contributed by atoms with Crippen LogP contribution in [0.5, 0.6) is 0 Å². The maximum atomic E-state index is 11.9. The minimum Gasteiger partial charge on any atom is -0.381 e. The molecular formula is C27H29Br2ClN2O. The summed E-state index contributed by atoms with van der Waals surface area (Å²) in [4.78, 5) is 9.42. The third-order valence-electron chi connectivity index (χ3n) is 5.67. The van der Waals surface area contributed by atoms with E-state index in [0.29, 0.717) is 40.3 Å². The van der Waals surface area contributed by atoms with Gasteiger partial charge in [0.1, 0.15) is 11.4 Å². The fourth-order valence-corrected chi connectivity index (χ4v) is 4.99. The molecule has 0 spiro atoms. The Morgan fingerprint density at radius 3 is 2.52 bits per heavy atom. The summed E-state index contributed by atoms with van der Waals surface area (Å²) in [6.07, 6.45) is 4.88. The maximum absolute atomic E-state index is 11.9. The minimum atomic E-state index is -1.24. The molecule has 2 unspecified atom stereocenters. The molecule has 0 saturated carbocycles. The molecule has 0 amide bonds. The summed E-state index contributed by atoms with van der Waals surface area (Å²) in [6.45, 7) is 10.6. The van der Waals surface area contributed by atoms with Crippen molar-refractivity contribution >= 4 is 61.1 Å². The van der Waals surface area contributed by atoms with Crippen LogP contribution in [-0.4, -0.2) is 22.5 Å². The Kier molecular flexibility index (Phi) is 8.55. The molecule has 2 atom stereocenters. The number of nitrogens with zero attached hydrogens (tertiary/aromatic N) is 2. The van der Waals surface area contributed by atoms with Gasteiger partial charge in [0.05, 0.1) is 0 Å². The monoisotopic (exact) mass is 590 g/mol. The van der Waals surface area contributed by atoms with E-state index in [9.17, 15) is 5.11 Å². The van der Waals surface area contributed by atoms with Gasteiger partial charge in [-0.25, -0.2) is 9.98 Å². The van der Waals surface area contributed by atoms with Crippen molar-refractivity contribution < 1.29 is 5.11 Å². The molecule has 33 heavy (non-hydrogen) atoms. The molecule has 0 aromatic heterocycles. The van der Waals surface area contributed by atoms with E-state index in [0.717, 1.165) is 15.6 Å².